The van der Waals surface area contributed by atoms with Crippen LogP contribution in [-0.2, 0) is 26.8 Å². The minimum Gasteiger partial charge on any atom is -0.391 e. The molecule has 2 aromatic carbocycles. The topological polar surface area (TPSA) is 105 Å². The first-order valence-corrected chi connectivity index (χ1v) is 14.9. The number of imidazole rings is 1. The molecule has 37 heavy (non-hydrogen) atoms. The van der Waals surface area contributed by atoms with Crippen LogP contribution in [0.2, 0.25) is 10.0 Å². The first kappa shape index (κ1) is 26.6. The fourth-order valence-electron chi connectivity index (χ4n) is 5.13. The van der Waals surface area contributed by atoms with Crippen LogP contribution in [0.4, 0.5) is 11.6 Å². The molecule has 12 heteroatoms. The number of anilines is 2. The number of hydrogen-bond donors (Lipinski definition) is 2. The maximum absolute atomic E-state index is 14.1. The van der Waals surface area contributed by atoms with E-state index in [9.17, 15) is 18.3 Å². The number of carbonyl (C=O) groups excluding carboxylic acids is 1. The number of nitrogens with one attached hydrogen (secondary N) is 1. The summed E-state index contributed by atoms with van der Waals surface area (Å²) in [4.78, 5) is 19.8. The number of halogens is 3. The smallest absolute Gasteiger partial charge is 0.260 e. The maximum Gasteiger partial charge on any atom is 0.260 e. The van der Waals surface area contributed by atoms with E-state index in [1.807, 2.05) is 24.3 Å². The summed E-state index contributed by atoms with van der Waals surface area (Å²) in [7, 11) is -4.14. The second kappa shape index (κ2) is 9.98. The number of rotatable bonds is 6. The predicted octanol–water partition coefficient (Wildman–Crippen LogP) is 5.17. The Hall–Kier alpha value is -1.95. The van der Waals surface area contributed by atoms with Crippen molar-refractivity contribution in [2.24, 2.45) is 0 Å². The molecule has 2 aliphatic rings. The van der Waals surface area contributed by atoms with Gasteiger partial charge in [-0.05, 0) is 55.7 Å². The van der Waals surface area contributed by atoms with Crippen LogP contribution in [0.3, 0.4) is 0 Å². The Morgan fingerprint density at radius 3 is 2.43 bits per heavy atom. The molecule has 0 saturated heterocycles. The number of nitrogens with zero attached hydrogens (tertiary/aromatic N) is 3. The number of fused-ring (bicyclic) bond motifs is 1. The van der Waals surface area contributed by atoms with Gasteiger partial charge in [-0.15, -0.1) is 0 Å². The van der Waals surface area contributed by atoms with Crippen LogP contribution >= 0.6 is 39.1 Å². The molecule has 1 amide bonds. The van der Waals surface area contributed by atoms with E-state index in [1.165, 1.54) is 15.7 Å². The van der Waals surface area contributed by atoms with Crippen LogP contribution in [0.1, 0.15) is 38.2 Å². The molecule has 1 unspecified atom stereocenters. The van der Waals surface area contributed by atoms with Gasteiger partial charge in [0.15, 0.2) is 5.03 Å². The van der Waals surface area contributed by atoms with Gasteiger partial charge in [0, 0.05) is 27.0 Å². The molecule has 5 rings (SSSR count). The van der Waals surface area contributed by atoms with Crippen molar-refractivity contribution in [3.8, 4) is 0 Å². The Morgan fingerprint density at radius 1 is 1.14 bits per heavy atom. The number of aliphatic hydroxyl groups is 1. The zero-order valence-electron chi connectivity index (χ0n) is 19.9. The van der Waals surface area contributed by atoms with E-state index in [4.69, 9.17) is 23.2 Å². The van der Waals surface area contributed by atoms with E-state index < -0.39 is 27.7 Å². The van der Waals surface area contributed by atoms with Gasteiger partial charge in [0.25, 0.3) is 15.9 Å². The number of aromatic nitrogens is 2. The van der Waals surface area contributed by atoms with E-state index in [0.29, 0.717) is 28.6 Å². The Morgan fingerprint density at radius 2 is 1.78 bits per heavy atom. The van der Waals surface area contributed by atoms with Gasteiger partial charge in [-0.25, -0.2) is 23.0 Å². The van der Waals surface area contributed by atoms with Crippen LogP contribution in [0, 0.1) is 0 Å². The Labute approximate surface area is 233 Å². The molecular weight excluding hydrogens is 603 g/mol. The van der Waals surface area contributed by atoms with Gasteiger partial charge in [-0.1, -0.05) is 64.1 Å². The van der Waals surface area contributed by atoms with Crippen molar-refractivity contribution in [3.05, 3.63) is 68.7 Å². The van der Waals surface area contributed by atoms with Gasteiger partial charge in [0.1, 0.15) is 5.54 Å². The zero-order chi connectivity index (χ0) is 26.5. The van der Waals surface area contributed by atoms with Crippen LogP contribution in [0.15, 0.2) is 58.2 Å². The van der Waals surface area contributed by atoms with Crippen LogP contribution in [0.5, 0.6) is 0 Å². The monoisotopic (exact) mass is 626 g/mol. The minimum atomic E-state index is -4.14. The fourth-order valence-corrected chi connectivity index (χ4v) is 7.42. The van der Waals surface area contributed by atoms with Gasteiger partial charge in [0.2, 0.25) is 5.95 Å². The molecule has 0 spiro atoms. The van der Waals surface area contributed by atoms with Crippen molar-refractivity contribution in [3.63, 3.8) is 0 Å². The molecule has 8 nitrogen and oxygen atoms in total. The molecule has 196 valence electrons. The molecule has 2 N–H and O–H groups in total. The quantitative estimate of drug-likeness (QED) is 0.392. The van der Waals surface area contributed by atoms with Gasteiger partial charge < -0.3 is 5.11 Å². The van der Waals surface area contributed by atoms with E-state index in [1.54, 1.807) is 25.1 Å². The fraction of sp³-hybridized carbons (Fsp3) is 0.360. The first-order valence-electron chi connectivity index (χ1n) is 11.8. The van der Waals surface area contributed by atoms with E-state index >= 15 is 0 Å². The lowest BCUT2D eigenvalue weighted by Gasteiger charge is -2.29. The Bertz CT molecular complexity index is 1440. The average Bonchev–Trinajstić information content (AvgIpc) is 3.35. The molecule has 1 aliphatic carbocycles. The highest BCUT2D eigenvalue weighted by Crippen LogP contribution is 2.44. The molecule has 0 radical (unpaired) electrons. The normalized spacial score (nSPS) is 23.9. The number of sulfonamides is 1. The molecule has 2 heterocycles. The summed E-state index contributed by atoms with van der Waals surface area (Å²) in [5, 5.41) is 10.9. The lowest BCUT2D eigenvalue weighted by Crippen LogP contribution is -2.47. The second-order valence-electron chi connectivity index (χ2n) is 9.66. The summed E-state index contributed by atoms with van der Waals surface area (Å²) in [6, 6.07) is 11.6. The number of carbonyl (C=O) groups is 1. The van der Waals surface area contributed by atoms with Crippen molar-refractivity contribution < 1.29 is 18.3 Å². The molecule has 1 aliphatic heterocycles. The molecular formula is C25H25BrCl2N4O4S. The summed E-state index contributed by atoms with van der Waals surface area (Å²) in [5.41, 5.74) is -0.110. The summed E-state index contributed by atoms with van der Waals surface area (Å²) in [6.07, 6.45) is 3.41. The number of benzene rings is 2. The summed E-state index contributed by atoms with van der Waals surface area (Å²) in [5.74, 6) is -0.224. The number of aliphatic hydroxyl groups excluding tert-OH is 1. The highest BCUT2D eigenvalue weighted by Gasteiger charge is 2.52. The highest BCUT2D eigenvalue weighted by molar-refractivity contribution is 9.10. The third-order valence-corrected chi connectivity index (χ3v) is 9.36. The highest BCUT2D eigenvalue weighted by atomic mass is 79.9. The van der Waals surface area contributed by atoms with Crippen molar-refractivity contribution in [1.29, 1.82) is 0 Å². The van der Waals surface area contributed by atoms with Crippen LogP contribution in [-0.4, -0.2) is 41.1 Å². The van der Waals surface area contributed by atoms with Gasteiger partial charge >= 0.3 is 0 Å². The number of amides is 1. The van der Waals surface area contributed by atoms with Gasteiger partial charge in [-0.2, -0.15) is 0 Å². The molecule has 3 atom stereocenters. The van der Waals surface area contributed by atoms with Crippen molar-refractivity contribution in [2.45, 2.75) is 61.7 Å². The summed E-state index contributed by atoms with van der Waals surface area (Å²) < 4.78 is 32.3. The summed E-state index contributed by atoms with van der Waals surface area (Å²) in [6.45, 7) is 1.70. The lowest BCUT2D eigenvalue weighted by atomic mass is 9.92. The molecule has 1 saturated carbocycles. The van der Waals surface area contributed by atoms with Crippen molar-refractivity contribution in [2.75, 3.05) is 4.90 Å². The van der Waals surface area contributed by atoms with Gasteiger partial charge in [-0.3, -0.25) is 9.36 Å². The third-order valence-electron chi connectivity index (χ3n) is 6.95. The summed E-state index contributed by atoms with van der Waals surface area (Å²) >= 11 is 15.9. The van der Waals surface area contributed by atoms with Crippen LogP contribution < -0.4 is 9.62 Å². The second-order valence-corrected chi connectivity index (χ2v) is 13.1. The lowest BCUT2D eigenvalue weighted by molar-refractivity contribution is -0.124. The molecule has 1 aromatic heterocycles. The Kier molecular flexibility index (Phi) is 7.19. The molecule has 1 fully saturated rings. The molecule has 3 aromatic rings. The molecule has 0 bridgehead atoms. The third kappa shape index (κ3) is 4.95. The SMILES string of the molecule is C[C@@]1(Cc2ccc(Br)cc2)C(=O)N(c2cc(Cl)cc(Cl)c2)c2ncc(S(=O)(=O)NC3CCCC[C@H]3O)n21. The van der Waals surface area contributed by atoms with Crippen molar-refractivity contribution >= 4 is 66.7 Å². The number of hydrogen-bond acceptors (Lipinski definition) is 5. The maximum atomic E-state index is 14.1. The predicted molar refractivity (Wildman–Crippen MR) is 146 cm³/mol. The standard InChI is InChI=1S/C25H25BrCl2N4O4S/c1-25(13-15-6-8-16(26)9-7-15)23(34)31(19-11-17(27)10-18(28)12-19)24-29-14-22(32(24)25)37(35,36)30-20-4-2-3-5-21(20)33/h6-12,14,20-21,30,33H,2-5,13H2,1H3/t20?,21-,25-/m1/s1. The van der Waals surface area contributed by atoms with Gasteiger partial charge in [0.05, 0.1) is 18.0 Å². The zero-order valence-corrected chi connectivity index (χ0v) is 23.8. The largest absolute Gasteiger partial charge is 0.391 e. The van der Waals surface area contributed by atoms with E-state index in [0.717, 1.165) is 22.9 Å². The average molecular weight is 628 g/mol. The van der Waals surface area contributed by atoms with E-state index in [-0.39, 0.29) is 23.3 Å². The first-order chi connectivity index (χ1) is 17.5. The minimum absolute atomic E-state index is 0.146. The van der Waals surface area contributed by atoms with E-state index in [2.05, 4.69) is 25.6 Å². The van der Waals surface area contributed by atoms with Crippen LogP contribution in [0.25, 0.3) is 0 Å². The Balaban J connectivity index is 1.63. The van der Waals surface area contributed by atoms with Crippen molar-refractivity contribution in [1.82, 2.24) is 14.3 Å².